The summed E-state index contributed by atoms with van der Waals surface area (Å²) >= 11 is 1.73. The van der Waals surface area contributed by atoms with E-state index in [1.165, 1.54) is 0 Å². The van der Waals surface area contributed by atoms with Crippen LogP contribution in [0.1, 0.15) is 22.7 Å². The highest BCUT2D eigenvalue weighted by Crippen LogP contribution is 2.36. The van der Waals surface area contributed by atoms with Crippen LogP contribution >= 0.6 is 11.8 Å². The number of ether oxygens (including phenoxy) is 2. The molecular weight excluding hydrogens is 234 g/mol. The Hall–Kier alpha value is -0.870. The average molecular weight is 255 g/mol. The van der Waals surface area contributed by atoms with Crippen LogP contribution in [0.15, 0.2) is 6.07 Å². The summed E-state index contributed by atoms with van der Waals surface area (Å²) in [5, 5.41) is 0. The van der Waals surface area contributed by atoms with Gasteiger partial charge in [-0.1, -0.05) is 0 Å². The molecule has 96 valence electrons. The molecule has 3 nitrogen and oxygen atoms in total. The van der Waals surface area contributed by atoms with Crippen LogP contribution in [0.3, 0.4) is 0 Å². The van der Waals surface area contributed by atoms with Crippen LogP contribution in [0.25, 0.3) is 0 Å². The van der Waals surface area contributed by atoms with Crippen LogP contribution in [0.5, 0.6) is 11.5 Å². The van der Waals surface area contributed by atoms with Crippen molar-refractivity contribution >= 4 is 11.8 Å². The molecule has 0 aromatic heterocycles. The van der Waals surface area contributed by atoms with Crippen molar-refractivity contribution in [3.63, 3.8) is 0 Å². The summed E-state index contributed by atoms with van der Waals surface area (Å²) in [7, 11) is 3.36. The summed E-state index contributed by atoms with van der Waals surface area (Å²) in [4.78, 5) is 0. The van der Waals surface area contributed by atoms with Gasteiger partial charge in [0.1, 0.15) is 11.5 Å². The summed E-state index contributed by atoms with van der Waals surface area (Å²) in [6, 6.07) is 1.95. The fourth-order valence-electron chi connectivity index (χ4n) is 1.91. The van der Waals surface area contributed by atoms with E-state index in [4.69, 9.17) is 15.2 Å². The van der Waals surface area contributed by atoms with Crippen molar-refractivity contribution in [1.29, 1.82) is 0 Å². The zero-order valence-electron chi connectivity index (χ0n) is 11.2. The lowest BCUT2D eigenvalue weighted by Crippen LogP contribution is -2.15. The molecule has 0 saturated carbocycles. The van der Waals surface area contributed by atoms with Crippen molar-refractivity contribution < 1.29 is 9.47 Å². The van der Waals surface area contributed by atoms with Crippen LogP contribution < -0.4 is 15.2 Å². The average Bonchev–Trinajstić information content (AvgIpc) is 2.32. The minimum atomic E-state index is -0.0341. The number of methoxy groups -OCH3 is 2. The summed E-state index contributed by atoms with van der Waals surface area (Å²) in [6.45, 7) is 4.06. The Bertz CT molecular complexity index is 393. The fraction of sp³-hybridized carbons (Fsp3) is 0.538. The minimum absolute atomic E-state index is 0.0341. The lowest BCUT2D eigenvalue weighted by Gasteiger charge is -2.20. The summed E-state index contributed by atoms with van der Waals surface area (Å²) in [5.41, 5.74) is 9.38. The topological polar surface area (TPSA) is 44.5 Å². The van der Waals surface area contributed by atoms with E-state index in [9.17, 15) is 0 Å². The van der Waals surface area contributed by atoms with Gasteiger partial charge in [0.05, 0.1) is 14.2 Å². The normalized spacial score (nSPS) is 12.4. The first-order valence-electron chi connectivity index (χ1n) is 5.53. The van der Waals surface area contributed by atoms with Crippen LogP contribution in [0, 0.1) is 13.8 Å². The van der Waals surface area contributed by atoms with Gasteiger partial charge in [0.15, 0.2) is 0 Å². The van der Waals surface area contributed by atoms with Gasteiger partial charge in [-0.15, -0.1) is 0 Å². The maximum Gasteiger partial charge on any atom is 0.127 e. The zero-order valence-corrected chi connectivity index (χ0v) is 12.0. The molecule has 0 fully saturated rings. The van der Waals surface area contributed by atoms with Crippen molar-refractivity contribution in [2.45, 2.75) is 19.9 Å². The molecule has 1 atom stereocenters. The highest BCUT2D eigenvalue weighted by molar-refractivity contribution is 7.98. The molecule has 0 aliphatic rings. The third-order valence-corrected chi connectivity index (χ3v) is 3.68. The Labute approximate surface area is 108 Å². The molecule has 0 bridgehead atoms. The second kappa shape index (κ2) is 6.17. The molecular formula is C13H21NO2S. The SMILES string of the molecule is COc1cc(C(N)CSC)c(OC)c(C)c1C. The number of thioether (sulfide) groups is 1. The fourth-order valence-corrected chi connectivity index (χ4v) is 2.45. The summed E-state index contributed by atoms with van der Waals surface area (Å²) in [5.74, 6) is 2.61. The van der Waals surface area contributed by atoms with Gasteiger partial charge in [0, 0.05) is 17.4 Å². The predicted octanol–water partition coefficient (Wildman–Crippen LogP) is 2.68. The number of hydrogen-bond donors (Lipinski definition) is 1. The summed E-state index contributed by atoms with van der Waals surface area (Å²) < 4.78 is 10.9. The molecule has 1 rings (SSSR count). The molecule has 0 aliphatic heterocycles. The highest BCUT2D eigenvalue weighted by atomic mass is 32.2. The van der Waals surface area contributed by atoms with Gasteiger partial charge < -0.3 is 15.2 Å². The molecule has 0 radical (unpaired) electrons. The van der Waals surface area contributed by atoms with E-state index in [0.717, 1.165) is 33.9 Å². The number of hydrogen-bond acceptors (Lipinski definition) is 4. The molecule has 0 spiro atoms. The van der Waals surface area contributed by atoms with Gasteiger partial charge in [-0.25, -0.2) is 0 Å². The van der Waals surface area contributed by atoms with Crippen LogP contribution in [-0.2, 0) is 0 Å². The van der Waals surface area contributed by atoms with Crippen LogP contribution in [0.2, 0.25) is 0 Å². The molecule has 4 heteroatoms. The highest BCUT2D eigenvalue weighted by Gasteiger charge is 2.18. The van der Waals surface area contributed by atoms with E-state index < -0.39 is 0 Å². The van der Waals surface area contributed by atoms with Gasteiger partial charge in [-0.05, 0) is 37.3 Å². The zero-order chi connectivity index (χ0) is 13.0. The largest absolute Gasteiger partial charge is 0.496 e. The van der Waals surface area contributed by atoms with Crippen molar-refractivity contribution in [3.05, 3.63) is 22.8 Å². The van der Waals surface area contributed by atoms with Gasteiger partial charge in [-0.3, -0.25) is 0 Å². The van der Waals surface area contributed by atoms with E-state index >= 15 is 0 Å². The monoisotopic (exact) mass is 255 g/mol. The first-order valence-corrected chi connectivity index (χ1v) is 6.92. The van der Waals surface area contributed by atoms with Gasteiger partial charge in [0.2, 0.25) is 0 Å². The van der Waals surface area contributed by atoms with Crippen LogP contribution in [0.4, 0.5) is 0 Å². The predicted molar refractivity (Wildman–Crippen MR) is 74.3 cm³/mol. The van der Waals surface area contributed by atoms with Gasteiger partial charge in [0.25, 0.3) is 0 Å². The minimum Gasteiger partial charge on any atom is -0.496 e. The van der Waals surface area contributed by atoms with E-state index in [2.05, 4.69) is 0 Å². The maximum absolute atomic E-state index is 6.17. The van der Waals surface area contributed by atoms with E-state index in [1.54, 1.807) is 26.0 Å². The van der Waals surface area contributed by atoms with Gasteiger partial charge in [-0.2, -0.15) is 11.8 Å². The van der Waals surface area contributed by atoms with E-state index in [1.807, 2.05) is 26.2 Å². The molecule has 1 aromatic rings. The number of rotatable bonds is 5. The van der Waals surface area contributed by atoms with Crippen molar-refractivity contribution in [3.8, 4) is 11.5 Å². The lowest BCUT2D eigenvalue weighted by molar-refractivity contribution is 0.391. The smallest absolute Gasteiger partial charge is 0.127 e. The van der Waals surface area contributed by atoms with Crippen LogP contribution in [-0.4, -0.2) is 26.2 Å². The second-order valence-electron chi connectivity index (χ2n) is 4.01. The number of benzene rings is 1. The molecule has 0 heterocycles. The molecule has 1 aromatic carbocycles. The van der Waals surface area contributed by atoms with Gasteiger partial charge >= 0.3 is 0 Å². The first kappa shape index (κ1) is 14.2. The maximum atomic E-state index is 6.17. The molecule has 0 amide bonds. The van der Waals surface area contributed by atoms with Crippen molar-refractivity contribution in [2.75, 3.05) is 26.2 Å². The standard InChI is InChI=1S/C13H21NO2S/c1-8-9(2)13(16-4)10(6-12(8)15-3)11(14)7-17-5/h6,11H,7,14H2,1-5H3. The molecule has 0 aliphatic carbocycles. The molecule has 2 N–H and O–H groups in total. The summed E-state index contributed by atoms with van der Waals surface area (Å²) in [6.07, 6.45) is 2.05. The van der Waals surface area contributed by atoms with E-state index in [-0.39, 0.29) is 6.04 Å². The Morgan fingerprint density at radius 2 is 1.88 bits per heavy atom. The Balaban J connectivity index is 3.31. The third-order valence-electron chi connectivity index (χ3n) is 2.99. The Morgan fingerprint density at radius 3 is 2.35 bits per heavy atom. The number of nitrogens with two attached hydrogens (primary N) is 1. The molecule has 1 unspecified atom stereocenters. The Kier molecular flexibility index (Phi) is 5.15. The molecule has 0 saturated heterocycles. The van der Waals surface area contributed by atoms with Crippen molar-refractivity contribution in [2.24, 2.45) is 5.73 Å². The first-order chi connectivity index (χ1) is 8.06. The lowest BCUT2D eigenvalue weighted by atomic mass is 9.99. The van der Waals surface area contributed by atoms with Crippen molar-refractivity contribution in [1.82, 2.24) is 0 Å². The van der Waals surface area contributed by atoms with E-state index in [0.29, 0.717) is 0 Å². The quantitative estimate of drug-likeness (QED) is 0.878. The molecule has 17 heavy (non-hydrogen) atoms. The Morgan fingerprint density at radius 1 is 1.24 bits per heavy atom. The second-order valence-corrected chi connectivity index (χ2v) is 4.92. The third kappa shape index (κ3) is 2.87.